The first kappa shape index (κ1) is 11.3. The summed E-state index contributed by atoms with van der Waals surface area (Å²) in [5.74, 6) is 4.67. The van der Waals surface area contributed by atoms with Gasteiger partial charge >= 0.3 is 6.01 Å². The van der Waals surface area contributed by atoms with E-state index in [9.17, 15) is 0 Å². The lowest BCUT2D eigenvalue weighted by Gasteiger charge is -2.25. The van der Waals surface area contributed by atoms with Crippen molar-refractivity contribution in [3.63, 3.8) is 0 Å². The van der Waals surface area contributed by atoms with Gasteiger partial charge in [-0.25, -0.2) is 4.98 Å². The molecule has 19 heavy (non-hydrogen) atoms. The minimum absolute atomic E-state index is 0.514. The maximum atomic E-state index is 5.29. The van der Waals surface area contributed by atoms with E-state index in [0.29, 0.717) is 11.9 Å². The Bertz CT molecular complexity index is 570. The average Bonchev–Trinajstić information content (AvgIpc) is 3.01. The molecule has 1 saturated carbocycles. The molecule has 7 heteroatoms. The Morgan fingerprint density at radius 2 is 2.11 bits per heavy atom. The second-order valence-electron chi connectivity index (χ2n) is 4.95. The Morgan fingerprint density at radius 1 is 1.26 bits per heavy atom. The molecule has 2 aliphatic rings. The number of thioether (sulfide) groups is 1. The number of hydrogen-bond donors (Lipinski definition) is 0. The number of rotatable bonds is 3. The third kappa shape index (κ3) is 2.22. The van der Waals surface area contributed by atoms with E-state index in [1.165, 1.54) is 24.3 Å². The summed E-state index contributed by atoms with van der Waals surface area (Å²) in [5, 5.41) is 4.02. The Labute approximate surface area is 115 Å². The number of nitrogens with zero attached hydrogens (tertiary/aromatic N) is 5. The molecular formula is C12H15N5OS. The van der Waals surface area contributed by atoms with Gasteiger partial charge < -0.3 is 9.42 Å². The van der Waals surface area contributed by atoms with Crippen LogP contribution in [0.2, 0.25) is 0 Å². The third-order valence-electron chi connectivity index (χ3n) is 3.50. The van der Waals surface area contributed by atoms with Gasteiger partial charge in [0.05, 0.1) is 6.20 Å². The van der Waals surface area contributed by atoms with Gasteiger partial charge in [-0.05, 0) is 12.8 Å². The van der Waals surface area contributed by atoms with Gasteiger partial charge in [-0.1, -0.05) is 5.16 Å². The van der Waals surface area contributed by atoms with Gasteiger partial charge in [-0.2, -0.15) is 16.7 Å². The molecule has 2 aromatic rings. The summed E-state index contributed by atoms with van der Waals surface area (Å²) < 4.78 is 7.11. The van der Waals surface area contributed by atoms with Crippen LogP contribution in [-0.2, 0) is 0 Å². The van der Waals surface area contributed by atoms with Crippen molar-refractivity contribution in [3.8, 4) is 6.01 Å². The van der Waals surface area contributed by atoms with Crippen LogP contribution in [0.4, 0.5) is 5.82 Å². The molecule has 0 unspecified atom stereocenters. The summed E-state index contributed by atoms with van der Waals surface area (Å²) in [6, 6.07) is 0.520. The fourth-order valence-electron chi connectivity index (χ4n) is 2.21. The number of imidazole rings is 1. The predicted molar refractivity (Wildman–Crippen MR) is 72.9 cm³/mol. The van der Waals surface area contributed by atoms with Gasteiger partial charge in [0.15, 0.2) is 5.82 Å². The molecule has 3 heterocycles. The first-order valence-electron chi connectivity index (χ1n) is 6.61. The van der Waals surface area contributed by atoms with Crippen molar-refractivity contribution in [3.05, 3.63) is 18.3 Å². The van der Waals surface area contributed by atoms with Gasteiger partial charge in [-0.3, -0.25) is 4.57 Å². The molecule has 0 N–H and O–H groups in total. The molecule has 0 amide bonds. The third-order valence-corrected chi connectivity index (χ3v) is 4.44. The summed E-state index contributed by atoms with van der Waals surface area (Å²) in [7, 11) is 0. The Hall–Kier alpha value is -1.50. The summed E-state index contributed by atoms with van der Waals surface area (Å²) in [6.45, 7) is 2.11. The highest BCUT2D eigenvalue weighted by atomic mass is 32.2. The zero-order valence-electron chi connectivity index (χ0n) is 10.5. The zero-order chi connectivity index (χ0) is 12.7. The first-order valence-corrected chi connectivity index (χ1v) is 7.76. The van der Waals surface area contributed by atoms with Gasteiger partial charge in [0.2, 0.25) is 0 Å². The molecule has 2 aromatic heterocycles. The topological polar surface area (TPSA) is 60.0 Å². The first-order chi connectivity index (χ1) is 9.40. The summed E-state index contributed by atoms with van der Waals surface area (Å²) >= 11 is 1.99. The summed E-state index contributed by atoms with van der Waals surface area (Å²) in [5.41, 5.74) is 0. The largest absolute Gasteiger partial charge is 0.354 e. The lowest BCUT2D eigenvalue weighted by molar-refractivity contribution is 0.396. The number of aromatic nitrogens is 4. The Balaban J connectivity index is 1.55. The van der Waals surface area contributed by atoms with Crippen LogP contribution in [-0.4, -0.2) is 44.3 Å². The highest BCUT2D eigenvalue weighted by Crippen LogP contribution is 2.38. The monoisotopic (exact) mass is 277 g/mol. The maximum absolute atomic E-state index is 5.29. The average molecular weight is 277 g/mol. The van der Waals surface area contributed by atoms with Crippen LogP contribution in [0.25, 0.3) is 6.01 Å². The van der Waals surface area contributed by atoms with E-state index in [0.717, 1.165) is 24.7 Å². The van der Waals surface area contributed by atoms with Crippen LogP contribution >= 0.6 is 11.8 Å². The van der Waals surface area contributed by atoms with Gasteiger partial charge in [0.1, 0.15) is 12.1 Å². The van der Waals surface area contributed by atoms with Crippen LogP contribution in [0.15, 0.2) is 17.0 Å². The standard InChI is InChI=1S/C12H15N5OS/c1-2-9(1)11-14-12(18-15-11)17-7-10(13-8-17)16-3-5-19-6-4-16/h7-9H,1-6H2. The minimum atomic E-state index is 0.514. The van der Waals surface area contributed by atoms with E-state index >= 15 is 0 Å². The lowest BCUT2D eigenvalue weighted by Crippen LogP contribution is -2.32. The van der Waals surface area contributed by atoms with Crippen molar-refractivity contribution < 1.29 is 4.52 Å². The van der Waals surface area contributed by atoms with Gasteiger partial charge in [0.25, 0.3) is 0 Å². The van der Waals surface area contributed by atoms with Crippen LogP contribution in [0.1, 0.15) is 24.6 Å². The molecule has 2 fully saturated rings. The van der Waals surface area contributed by atoms with Crippen LogP contribution in [0, 0.1) is 0 Å². The lowest BCUT2D eigenvalue weighted by atomic mass is 10.4. The highest BCUT2D eigenvalue weighted by Gasteiger charge is 2.29. The van der Waals surface area contributed by atoms with Crippen LogP contribution in [0.5, 0.6) is 0 Å². The molecule has 0 atom stereocenters. The van der Waals surface area contributed by atoms with Crippen LogP contribution in [0.3, 0.4) is 0 Å². The van der Waals surface area contributed by atoms with E-state index in [-0.39, 0.29) is 0 Å². The SMILES string of the molecule is c1nc(N2CCSCC2)cn1-c1nc(C2CC2)no1. The van der Waals surface area contributed by atoms with Crippen LogP contribution < -0.4 is 4.90 Å². The van der Waals surface area contributed by atoms with Crippen molar-refractivity contribution in [1.82, 2.24) is 19.7 Å². The minimum Gasteiger partial charge on any atom is -0.354 e. The molecule has 1 aliphatic heterocycles. The zero-order valence-corrected chi connectivity index (χ0v) is 11.3. The van der Waals surface area contributed by atoms with E-state index in [1.54, 1.807) is 6.33 Å². The molecule has 1 saturated heterocycles. The molecule has 0 bridgehead atoms. The molecule has 0 radical (unpaired) electrons. The highest BCUT2D eigenvalue weighted by molar-refractivity contribution is 7.99. The van der Waals surface area contributed by atoms with Gasteiger partial charge in [0, 0.05) is 30.5 Å². The number of anilines is 1. The predicted octanol–water partition coefficient (Wildman–Crippen LogP) is 1.69. The summed E-state index contributed by atoms with van der Waals surface area (Å²) in [6.07, 6.45) is 6.08. The summed E-state index contributed by atoms with van der Waals surface area (Å²) in [4.78, 5) is 11.2. The molecule has 100 valence electrons. The maximum Gasteiger partial charge on any atom is 0.333 e. The van der Waals surface area contributed by atoms with Crippen molar-refractivity contribution in [2.24, 2.45) is 0 Å². The van der Waals surface area contributed by atoms with Crippen molar-refractivity contribution >= 4 is 17.6 Å². The Morgan fingerprint density at radius 3 is 2.89 bits per heavy atom. The fourth-order valence-corrected chi connectivity index (χ4v) is 3.11. The normalized spacial score (nSPS) is 19.9. The van der Waals surface area contributed by atoms with E-state index < -0.39 is 0 Å². The van der Waals surface area contributed by atoms with Crippen molar-refractivity contribution in [2.45, 2.75) is 18.8 Å². The molecule has 1 aliphatic carbocycles. The molecule has 0 spiro atoms. The van der Waals surface area contributed by atoms with E-state index in [2.05, 4.69) is 20.0 Å². The fraction of sp³-hybridized carbons (Fsp3) is 0.583. The molecule has 4 rings (SSSR count). The molecular weight excluding hydrogens is 262 g/mol. The van der Waals surface area contributed by atoms with E-state index in [1.807, 2.05) is 22.5 Å². The second-order valence-corrected chi connectivity index (χ2v) is 6.17. The quantitative estimate of drug-likeness (QED) is 0.851. The van der Waals surface area contributed by atoms with Crippen molar-refractivity contribution in [2.75, 3.05) is 29.5 Å². The van der Waals surface area contributed by atoms with Crippen molar-refractivity contribution in [1.29, 1.82) is 0 Å². The number of hydrogen-bond acceptors (Lipinski definition) is 6. The second kappa shape index (κ2) is 4.56. The van der Waals surface area contributed by atoms with Gasteiger partial charge in [-0.15, -0.1) is 0 Å². The Kier molecular flexibility index (Phi) is 2.72. The molecule has 6 nitrogen and oxygen atoms in total. The van der Waals surface area contributed by atoms with E-state index in [4.69, 9.17) is 4.52 Å². The smallest absolute Gasteiger partial charge is 0.333 e. The molecule has 0 aromatic carbocycles.